The van der Waals surface area contributed by atoms with Gasteiger partial charge < -0.3 is 49.8 Å². The van der Waals surface area contributed by atoms with Crippen LogP contribution in [-0.2, 0) is 22.6 Å². The van der Waals surface area contributed by atoms with Crippen LogP contribution in [0.1, 0.15) is 128 Å². The first-order valence-electron chi connectivity index (χ1n) is 27.8. The van der Waals surface area contributed by atoms with Crippen LogP contribution < -0.4 is 32.4 Å². The minimum absolute atomic E-state index is 0.0171. The number of aromatic nitrogens is 4. The molecule has 4 aromatic heterocycles. The van der Waals surface area contributed by atoms with Crippen LogP contribution in [0.5, 0.6) is 0 Å². The van der Waals surface area contributed by atoms with E-state index in [1.54, 1.807) is 0 Å². The average molecular weight is 1080 g/mol. The van der Waals surface area contributed by atoms with Crippen molar-refractivity contribution in [3.63, 3.8) is 0 Å². The van der Waals surface area contributed by atoms with Crippen molar-refractivity contribution in [2.24, 2.45) is 22.2 Å². The number of pyridine rings is 2. The quantitative estimate of drug-likeness (QED) is 0.0220. The van der Waals surface area contributed by atoms with Crippen molar-refractivity contribution >= 4 is 57.1 Å². The highest BCUT2D eigenvalue weighted by molar-refractivity contribution is 7.98. The molecule has 1 spiro atoms. The third-order valence-corrected chi connectivity index (χ3v) is 19.7. The standard InChI is InChI=1S/C60H74N10O5S2/c1-33-22-50(76-6)46(57(71)65-33)26-62-56(64-32-61)53-37(5)69(35(3)38-12-16-41(17-13-38)67-42-28-74-29-42)49-18-14-39(24-45(49)53)55-54(59(73)63-27-47-51(77-7)23-34(2)66-58(47)72)44-10-8-9-11-48(44)70(55)36(4)40-15-19-52(60(25-40)20-21-60)68-43-30-75-31-43/h8-11,14,18,22-24,35-36,38,40-43,52,67-68H,12-13,15-17,19-21,25-31H2,1-7H3,(H,62,64)(H,63,73)(H,65,71)(H,66,72)/t35-,36-,38?,40?,41?,52?/m1/s1. The molecule has 2 unspecified atom stereocenters. The SMILES string of the molecule is CSc1cc(C)[nH]c(=O)c1CNC(=O)c1c(-c2ccc3c(c2)c(/C(=N\C#N)NCc2c(SC)cc(C)[nH]c2=O)c(C)n3[C@H](C)C2CCC(NC3COC3)CC2)n([C@H](C)C2CCC(NC3COC3)C3(CC3)C2)c2ccccc12. The van der Waals surface area contributed by atoms with Crippen LogP contribution in [0, 0.1) is 49.5 Å². The Kier molecular flexibility index (Phi) is 15.4. The van der Waals surface area contributed by atoms with Gasteiger partial charge in [0.2, 0.25) is 6.19 Å². The Hall–Kier alpha value is -5.61. The Morgan fingerprint density at radius 2 is 1.34 bits per heavy atom. The molecule has 5 fully saturated rings. The van der Waals surface area contributed by atoms with Crippen LogP contribution in [0.15, 0.2) is 79.0 Å². The van der Waals surface area contributed by atoms with Gasteiger partial charge >= 0.3 is 0 Å². The molecule has 3 aliphatic carbocycles. The minimum Gasteiger partial charge on any atom is -0.378 e. The number of hydrogen-bond acceptors (Lipinski definition) is 11. The molecule has 2 saturated heterocycles. The fourth-order valence-corrected chi connectivity index (χ4v) is 15.1. The van der Waals surface area contributed by atoms with Gasteiger partial charge in [0.05, 0.1) is 49.8 Å². The van der Waals surface area contributed by atoms with Gasteiger partial charge in [-0.15, -0.1) is 23.5 Å². The molecule has 406 valence electrons. The molecule has 15 nitrogen and oxygen atoms in total. The lowest BCUT2D eigenvalue weighted by Crippen LogP contribution is -2.54. The number of amidine groups is 1. The number of para-hydroxylation sites is 1. The zero-order valence-electron chi connectivity index (χ0n) is 45.6. The van der Waals surface area contributed by atoms with Crippen LogP contribution >= 0.6 is 23.5 Å². The molecular formula is C60H74N10O5S2. The lowest BCUT2D eigenvalue weighted by molar-refractivity contribution is -0.0200. The monoisotopic (exact) mass is 1080 g/mol. The van der Waals surface area contributed by atoms with Gasteiger partial charge in [-0.25, -0.2) is 0 Å². The number of carbonyl (C=O) groups excluding carboxylic acids is 1. The lowest BCUT2D eigenvalue weighted by Gasteiger charge is -2.43. The Morgan fingerprint density at radius 3 is 1.95 bits per heavy atom. The van der Waals surface area contributed by atoms with E-state index < -0.39 is 0 Å². The molecule has 4 atom stereocenters. The normalized spacial score (nSPS) is 22.4. The topological polar surface area (TPSA) is 195 Å². The minimum atomic E-state index is -0.262. The summed E-state index contributed by atoms with van der Waals surface area (Å²) in [5.41, 5.74) is 8.47. The van der Waals surface area contributed by atoms with Crippen LogP contribution in [0.3, 0.4) is 0 Å². The Labute approximate surface area is 459 Å². The average Bonchev–Trinajstić information content (AvgIpc) is 4.09. The van der Waals surface area contributed by atoms with E-state index in [0.717, 1.165) is 137 Å². The molecule has 6 N–H and O–H groups in total. The molecule has 77 heavy (non-hydrogen) atoms. The van der Waals surface area contributed by atoms with Crippen LogP contribution in [0.2, 0.25) is 0 Å². The number of aliphatic imine (C=N–C) groups is 1. The fourth-order valence-electron chi connectivity index (χ4n) is 13.7. The number of nitrogens with zero attached hydrogens (tertiary/aromatic N) is 4. The molecular weight excluding hydrogens is 1000 g/mol. The van der Waals surface area contributed by atoms with E-state index in [2.05, 4.69) is 109 Å². The van der Waals surface area contributed by atoms with Crippen molar-refractivity contribution in [3.8, 4) is 17.5 Å². The molecule has 6 aromatic rings. The predicted octanol–water partition coefficient (Wildman–Crippen LogP) is 9.56. The van der Waals surface area contributed by atoms with Gasteiger partial charge in [-0.3, -0.25) is 14.4 Å². The third-order valence-electron chi connectivity index (χ3n) is 18.1. The highest BCUT2D eigenvalue weighted by atomic mass is 32.2. The second kappa shape index (κ2) is 22.3. The van der Waals surface area contributed by atoms with Gasteiger partial charge in [-0.2, -0.15) is 10.3 Å². The summed E-state index contributed by atoms with van der Waals surface area (Å²) in [7, 11) is 0. The zero-order valence-corrected chi connectivity index (χ0v) is 47.2. The number of hydrogen-bond donors (Lipinski definition) is 6. The van der Waals surface area contributed by atoms with Crippen molar-refractivity contribution in [1.82, 2.24) is 40.4 Å². The Balaban J connectivity index is 1.05. The molecule has 0 radical (unpaired) electrons. The molecule has 0 bridgehead atoms. The molecule has 2 aromatic carbocycles. The van der Waals surface area contributed by atoms with E-state index in [1.165, 1.54) is 36.4 Å². The van der Waals surface area contributed by atoms with E-state index in [1.807, 2.05) is 44.6 Å². The van der Waals surface area contributed by atoms with Gasteiger partial charge in [-0.05, 0) is 158 Å². The van der Waals surface area contributed by atoms with Gasteiger partial charge in [0, 0.05) is 103 Å². The van der Waals surface area contributed by atoms with Crippen molar-refractivity contribution < 1.29 is 14.3 Å². The number of carbonyl (C=O) groups is 1. The number of aryl methyl sites for hydroxylation is 2. The number of aromatic amines is 2. The van der Waals surface area contributed by atoms with Gasteiger partial charge in [0.15, 0.2) is 0 Å². The summed E-state index contributed by atoms with van der Waals surface area (Å²) in [5.74, 6) is 0.871. The second-order valence-electron chi connectivity index (χ2n) is 22.8. The molecule has 17 heteroatoms. The number of nitrogens with one attached hydrogen (secondary N) is 6. The van der Waals surface area contributed by atoms with Crippen LogP contribution in [-0.4, -0.2) is 94.0 Å². The van der Waals surface area contributed by atoms with E-state index in [0.29, 0.717) is 58.5 Å². The molecule has 3 saturated carbocycles. The highest BCUT2D eigenvalue weighted by Gasteiger charge is 2.54. The molecule has 6 heterocycles. The number of benzene rings is 2. The van der Waals surface area contributed by atoms with Gasteiger partial charge in [0.1, 0.15) is 5.84 Å². The van der Waals surface area contributed by atoms with Crippen molar-refractivity contribution in [2.45, 2.75) is 152 Å². The molecule has 2 aliphatic heterocycles. The predicted molar refractivity (Wildman–Crippen MR) is 308 cm³/mol. The van der Waals surface area contributed by atoms with Crippen molar-refractivity contribution in [2.75, 3.05) is 38.9 Å². The van der Waals surface area contributed by atoms with E-state index in [9.17, 15) is 14.9 Å². The Morgan fingerprint density at radius 1 is 0.740 bits per heavy atom. The third kappa shape index (κ3) is 10.3. The van der Waals surface area contributed by atoms with Crippen LogP contribution in [0.25, 0.3) is 33.1 Å². The summed E-state index contributed by atoms with van der Waals surface area (Å²) in [4.78, 5) is 54.6. The fraction of sp³-hybridized carbons (Fsp3) is 0.517. The van der Waals surface area contributed by atoms with Crippen LogP contribution in [0.4, 0.5) is 0 Å². The number of nitriles is 1. The highest BCUT2D eigenvalue weighted by Crippen LogP contribution is 2.60. The molecule has 11 rings (SSSR count). The second-order valence-corrected chi connectivity index (χ2v) is 24.5. The first-order chi connectivity index (χ1) is 37.3. The van der Waals surface area contributed by atoms with E-state index >= 15 is 4.79 Å². The largest absolute Gasteiger partial charge is 0.378 e. The lowest BCUT2D eigenvalue weighted by atomic mass is 9.72. The number of ether oxygens (including phenoxy) is 2. The maximum absolute atomic E-state index is 15.4. The first-order valence-corrected chi connectivity index (χ1v) is 30.2. The summed E-state index contributed by atoms with van der Waals surface area (Å²) in [6.07, 6.45) is 16.0. The number of fused-ring (bicyclic) bond motifs is 2. The summed E-state index contributed by atoms with van der Waals surface area (Å²) >= 11 is 3.01. The Bertz CT molecular complexity index is 3400. The van der Waals surface area contributed by atoms with Crippen molar-refractivity contribution in [3.05, 3.63) is 115 Å². The maximum atomic E-state index is 15.4. The first kappa shape index (κ1) is 53.4. The smallest absolute Gasteiger partial charge is 0.254 e. The van der Waals surface area contributed by atoms with Crippen molar-refractivity contribution in [1.29, 1.82) is 5.26 Å². The molecule has 5 aliphatic rings. The number of thioether (sulfide) groups is 2. The van der Waals surface area contributed by atoms with Gasteiger partial charge in [-0.1, -0.05) is 24.3 Å². The maximum Gasteiger partial charge on any atom is 0.254 e. The summed E-state index contributed by atoms with van der Waals surface area (Å²) < 4.78 is 15.9. The van der Waals surface area contributed by atoms with E-state index in [-0.39, 0.29) is 47.6 Å². The summed E-state index contributed by atoms with van der Waals surface area (Å²) in [6.45, 7) is 13.9. The van der Waals surface area contributed by atoms with E-state index in [4.69, 9.17) is 9.47 Å². The summed E-state index contributed by atoms with van der Waals surface area (Å²) in [6, 6.07) is 20.7. The number of H-pyrrole nitrogens is 2. The molecule has 1 amide bonds. The number of amides is 1. The van der Waals surface area contributed by atoms with Gasteiger partial charge in [0.25, 0.3) is 17.0 Å². The summed E-state index contributed by atoms with van der Waals surface area (Å²) in [5, 5.41) is 26.8. The zero-order chi connectivity index (χ0) is 53.7. The number of rotatable bonds is 17.